The van der Waals surface area contributed by atoms with E-state index in [0.717, 1.165) is 29.6 Å². The summed E-state index contributed by atoms with van der Waals surface area (Å²) in [6, 6.07) is 7.99. The lowest BCUT2D eigenvalue weighted by Crippen LogP contribution is -2.26. The smallest absolute Gasteiger partial charge is 0.220 e. The monoisotopic (exact) mass is 301 g/mol. The van der Waals surface area contributed by atoms with Crippen LogP contribution in [0.2, 0.25) is 0 Å². The third-order valence-corrected chi connectivity index (χ3v) is 5.12. The molecule has 1 aromatic rings. The average Bonchev–Trinajstić information content (AvgIpc) is 3.08. The van der Waals surface area contributed by atoms with Gasteiger partial charge in [0.2, 0.25) is 5.91 Å². The molecule has 1 N–H and O–H groups in total. The molecule has 3 heteroatoms. The summed E-state index contributed by atoms with van der Waals surface area (Å²) in [5, 5.41) is 3.07. The molecule has 120 valence electrons. The topological polar surface area (TPSA) is 38.3 Å². The van der Waals surface area contributed by atoms with Crippen molar-refractivity contribution >= 4 is 5.91 Å². The number of amides is 1. The van der Waals surface area contributed by atoms with E-state index in [1.807, 2.05) is 38.1 Å². The van der Waals surface area contributed by atoms with E-state index in [1.165, 1.54) is 25.7 Å². The Morgan fingerprint density at radius 2 is 2.00 bits per heavy atom. The molecule has 2 bridgehead atoms. The molecule has 1 aromatic carbocycles. The molecule has 3 rings (SSSR count). The molecular formula is C19H27NO2. The van der Waals surface area contributed by atoms with Crippen LogP contribution in [0, 0.1) is 17.8 Å². The van der Waals surface area contributed by atoms with Crippen LogP contribution in [-0.4, -0.2) is 12.0 Å². The van der Waals surface area contributed by atoms with E-state index >= 15 is 0 Å². The van der Waals surface area contributed by atoms with E-state index in [4.69, 9.17) is 4.74 Å². The fourth-order valence-electron chi connectivity index (χ4n) is 4.10. The average molecular weight is 301 g/mol. The van der Waals surface area contributed by atoms with Crippen molar-refractivity contribution in [3.63, 3.8) is 0 Å². The summed E-state index contributed by atoms with van der Waals surface area (Å²) in [7, 11) is 0. The third kappa shape index (κ3) is 3.82. The number of nitrogens with one attached hydrogen (secondary N) is 1. The van der Waals surface area contributed by atoms with Crippen LogP contribution in [0.4, 0.5) is 0 Å². The Morgan fingerprint density at radius 3 is 2.59 bits per heavy atom. The summed E-state index contributed by atoms with van der Waals surface area (Å²) >= 11 is 0. The lowest BCUT2D eigenvalue weighted by molar-refractivity contribution is -0.122. The molecular weight excluding hydrogens is 274 g/mol. The SMILES string of the molecule is CC(C)Oc1ccc(CNC(=O)CC2CC3CCC2C3)cc1. The van der Waals surface area contributed by atoms with Gasteiger partial charge in [-0.2, -0.15) is 0 Å². The quantitative estimate of drug-likeness (QED) is 0.865. The molecule has 0 spiro atoms. The Hall–Kier alpha value is -1.51. The molecule has 3 unspecified atom stereocenters. The Bertz CT molecular complexity index is 509. The van der Waals surface area contributed by atoms with Gasteiger partial charge in [-0.05, 0) is 68.6 Å². The fraction of sp³-hybridized carbons (Fsp3) is 0.632. The highest BCUT2D eigenvalue weighted by Crippen LogP contribution is 2.49. The minimum absolute atomic E-state index is 0.187. The van der Waals surface area contributed by atoms with Gasteiger partial charge in [-0.25, -0.2) is 0 Å². The summed E-state index contributed by atoms with van der Waals surface area (Å²) in [5.74, 6) is 3.46. The minimum Gasteiger partial charge on any atom is -0.491 e. The molecule has 2 fully saturated rings. The zero-order valence-corrected chi connectivity index (χ0v) is 13.7. The molecule has 3 atom stereocenters. The number of hydrogen-bond acceptors (Lipinski definition) is 2. The predicted octanol–water partition coefficient (Wildman–Crippen LogP) is 3.92. The van der Waals surface area contributed by atoms with Gasteiger partial charge < -0.3 is 10.1 Å². The van der Waals surface area contributed by atoms with Crippen LogP contribution in [0.3, 0.4) is 0 Å². The molecule has 3 nitrogen and oxygen atoms in total. The van der Waals surface area contributed by atoms with E-state index < -0.39 is 0 Å². The number of carbonyl (C=O) groups is 1. The maximum atomic E-state index is 12.1. The largest absolute Gasteiger partial charge is 0.491 e. The number of benzene rings is 1. The third-order valence-electron chi connectivity index (χ3n) is 5.12. The zero-order chi connectivity index (χ0) is 15.5. The van der Waals surface area contributed by atoms with Crippen molar-refractivity contribution in [3.05, 3.63) is 29.8 Å². The van der Waals surface area contributed by atoms with Crippen LogP contribution in [0.25, 0.3) is 0 Å². The second-order valence-electron chi connectivity index (χ2n) is 7.23. The van der Waals surface area contributed by atoms with Gasteiger partial charge in [0, 0.05) is 13.0 Å². The van der Waals surface area contributed by atoms with Gasteiger partial charge in [-0.3, -0.25) is 4.79 Å². The molecule has 2 aliphatic rings. The van der Waals surface area contributed by atoms with Gasteiger partial charge in [0.15, 0.2) is 0 Å². The highest BCUT2D eigenvalue weighted by molar-refractivity contribution is 5.76. The summed E-state index contributed by atoms with van der Waals surface area (Å²) in [6.45, 7) is 4.65. The molecule has 2 saturated carbocycles. The van der Waals surface area contributed by atoms with Gasteiger partial charge >= 0.3 is 0 Å². The van der Waals surface area contributed by atoms with Crippen LogP contribution < -0.4 is 10.1 Å². The van der Waals surface area contributed by atoms with Crippen molar-refractivity contribution in [2.24, 2.45) is 17.8 Å². The van der Waals surface area contributed by atoms with Crippen molar-refractivity contribution in [1.29, 1.82) is 0 Å². The highest BCUT2D eigenvalue weighted by atomic mass is 16.5. The first kappa shape index (κ1) is 15.4. The molecule has 22 heavy (non-hydrogen) atoms. The summed E-state index contributed by atoms with van der Waals surface area (Å²) < 4.78 is 5.62. The second-order valence-corrected chi connectivity index (χ2v) is 7.23. The van der Waals surface area contributed by atoms with Crippen LogP contribution in [0.5, 0.6) is 5.75 Å². The first-order valence-corrected chi connectivity index (χ1v) is 8.62. The number of hydrogen-bond donors (Lipinski definition) is 1. The minimum atomic E-state index is 0.187. The van der Waals surface area contributed by atoms with Crippen LogP contribution in [0.1, 0.15) is 51.5 Å². The van der Waals surface area contributed by atoms with E-state index in [9.17, 15) is 4.79 Å². The predicted molar refractivity (Wildman–Crippen MR) is 87.6 cm³/mol. The fourth-order valence-corrected chi connectivity index (χ4v) is 4.10. The zero-order valence-electron chi connectivity index (χ0n) is 13.7. The van der Waals surface area contributed by atoms with Gasteiger partial charge in [0.1, 0.15) is 5.75 Å². The molecule has 0 aliphatic heterocycles. The Morgan fingerprint density at radius 1 is 1.23 bits per heavy atom. The van der Waals surface area contributed by atoms with Gasteiger partial charge in [0.25, 0.3) is 0 Å². The lowest BCUT2D eigenvalue weighted by Gasteiger charge is -2.20. The number of carbonyl (C=O) groups excluding carboxylic acids is 1. The van der Waals surface area contributed by atoms with E-state index in [-0.39, 0.29) is 12.0 Å². The van der Waals surface area contributed by atoms with Gasteiger partial charge in [-0.1, -0.05) is 18.6 Å². The van der Waals surface area contributed by atoms with E-state index in [0.29, 0.717) is 12.5 Å². The van der Waals surface area contributed by atoms with E-state index in [2.05, 4.69) is 5.32 Å². The van der Waals surface area contributed by atoms with Gasteiger partial charge in [0.05, 0.1) is 6.10 Å². The van der Waals surface area contributed by atoms with Crippen molar-refractivity contribution in [1.82, 2.24) is 5.32 Å². The van der Waals surface area contributed by atoms with Crippen LogP contribution in [-0.2, 0) is 11.3 Å². The maximum Gasteiger partial charge on any atom is 0.220 e. The van der Waals surface area contributed by atoms with Crippen molar-refractivity contribution in [2.45, 2.75) is 58.6 Å². The van der Waals surface area contributed by atoms with Crippen molar-refractivity contribution in [3.8, 4) is 5.75 Å². The number of rotatable bonds is 6. The standard InChI is InChI=1S/C19H27NO2/c1-13(2)22-18-7-4-14(5-8-18)12-20-19(21)11-17-10-15-3-6-16(17)9-15/h4-5,7-8,13,15-17H,3,6,9-12H2,1-2H3,(H,20,21). The molecule has 0 aromatic heterocycles. The molecule has 0 heterocycles. The Kier molecular flexibility index (Phi) is 4.70. The molecule has 1 amide bonds. The van der Waals surface area contributed by atoms with Crippen LogP contribution in [0.15, 0.2) is 24.3 Å². The normalized spacial score (nSPS) is 26.4. The van der Waals surface area contributed by atoms with Crippen LogP contribution >= 0.6 is 0 Å². The Labute approximate surface area is 133 Å². The molecule has 0 saturated heterocycles. The highest BCUT2D eigenvalue weighted by Gasteiger charge is 2.39. The molecule has 0 radical (unpaired) electrons. The van der Waals surface area contributed by atoms with Gasteiger partial charge in [-0.15, -0.1) is 0 Å². The first-order chi connectivity index (χ1) is 10.6. The van der Waals surface area contributed by atoms with Crippen molar-refractivity contribution < 1.29 is 9.53 Å². The second kappa shape index (κ2) is 6.72. The Balaban J connectivity index is 1.43. The van der Waals surface area contributed by atoms with Crippen molar-refractivity contribution in [2.75, 3.05) is 0 Å². The van der Waals surface area contributed by atoms with E-state index in [1.54, 1.807) is 0 Å². The summed E-state index contributed by atoms with van der Waals surface area (Å²) in [6.07, 6.45) is 6.30. The number of ether oxygens (including phenoxy) is 1. The lowest BCUT2D eigenvalue weighted by atomic mass is 9.86. The number of fused-ring (bicyclic) bond motifs is 2. The summed E-state index contributed by atoms with van der Waals surface area (Å²) in [4.78, 5) is 12.1. The first-order valence-electron chi connectivity index (χ1n) is 8.62. The maximum absolute atomic E-state index is 12.1. The summed E-state index contributed by atoms with van der Waals surface area (Å²) in [5.41, 5.74) is 1.12. The molecule has 2 aliphatic carbocycles.